The maximum absolute atomic E-state index is 0. The monoisotopic (exact) mass is 665 g/mol. The molecule has 0 spiro atoms. The van der Waals surface area contributed by atoms with Crippen LogP contribution in [0.3, 0.4) is 0 Å². The summed E-state index contributed by atoms with van der Waals surface area (Å²) in [6.07, 6.45) is 0. The first-order chi connectivity index (χ1) is 0. The molecule has 0 fully saturated rings. The molecule has 9 heavy (non-hydrogen) atoms. The molecule has 0 aliphatic rings. The van der Waals surface area contributed by atoms with Crippen molar-refractivity contribution in [1.29, 1.82) is 0 Å². The van der Waals surface area contributed by atoms with Crippen LogP contribution < -0.4 is 0 Å². The van der Waals surface area contributed by atoms with Crippen LogP contribution >= 0.6 is 0 Å². The molecule has 0 rings (SSSR count). The molecule has 40 valence electrons. The molecule has 0 aromatic heterocycles. The molecule has 0 amide bonds. The number of rotatable bonds is 0. The minimum absolute atomic E-state index is 0. The molecule has 0 aromatic carbocycles. The third-order valence-electron chi connectivity index (χ3n) is 0. The molecule has 0 saturated heterocycles. The van der Waals surface area contributed by atoms with Crippen LogP contribution in [0.2, 0.25) is 0 Å². The van der Waals surface area contributed by atoms with Gasteiger partial charge in [-0.05, 0) is 0 Å². The van der Waals surface area contributed by atoms with Gasteiger partial charge in [-0.3, -0.25) is 0 Å². The zero-order valence-corrected chi connectivity index (χ0v) is 24.0. The first kappa shape index (κ1) is 92.8. The minimum Gasteiger partial charge on any atom is -2.00 e. The molecule has 0 N–H and O–H groups in total. The van der Waals surface area contributed by atoms with Crippen molar-refractivity contribution < 1.29 is 39.0 Å². The van der Waals surface area contributed by atoms with E-state index in [0.29, 0.717) is 0 Å². The Morgan fingerprint density at radius 2 is 0.333 bits per heavy atom. The summed E-state index contributed by atoms with van der Waals surface area (Å²) < 4.78 is 0. The molecular weight excluding hydrogens is 665 g/mol. The van der Waals surface area contributed by atoms with Crippen molar-refractivity contribution in [3.63, 3.8) is 0 Å². The van der Waals surface area contributed by atoms with Crippen LogP contribution in [0.5, 0.6) is 0 Å². The van der Waals surface area contributed by atoms with Crippen LogP contribution in [0.15, 0.2) is 0 Å². The third kappa shape index (κ3) is 61.9. The van der Waals surface area contributed by atoms with E-state index in [-0.39, 0.29) is 164 Å². The second-order valence-corrected chi connectivity index (χ2v) is 0. The average molecular weight is 665 g/mol. The number of hydrogen-bond donors (Lipinski definition) is 0. The Balaban J connectivity index is 0. The smallest absolute Gasteiger partial charge is 2.00 e. The van der Waals surface area contributed by atoms with E-state index >= 15 is 0 Å². The molecule has 0 radical (unpaired) electrons. The van der Waals surface area contributed by atoms with E-state index in [1.54, 1.807) is 0 Å². The van der Waals surface area contributed by atoms with Gasteiger partial charge in [0, 0.05) is 0 Å². The van der Waals surface area contributed by atoms with Gasteiger partial charge in [0.2, 0.25) is 0 Å². The SMILES string of the molecule is [Ga+3].[Ga+3].[Se-2].[Se-2].[Se-2].[Se-2].[Se-2].[Zn+2].[Zn+2]. The van der Waals surface area contributed by atoms with E-state index in [0.717, 1.165) is 0 Å². The van der Waals surface area contributed by atoms with Gasteiger partial charge < -0.3 is 85.3 Å². The van der Waals surface area contributed by atoms with Crippen molar-refractivity contribution in [2.24, 2.45) is 0 Å². The molecule has 9 heteroatoms. The molecular formula is Ga2Se5Zn2. The maximum Gasteiger partial charge on any atom is 3.00 e. The Labute approximate surface area is 160 Å². The largest absolute Gasteiger partial charge is 3.00 e. The van der Waals surface area contributed by atoms with Crippen molar-refractivity contribution in [2.45, 2.75) is 0 Å². The van der Waals surface area contributed by atoms with E-state index < -0.39 is 0 Å². The molecule has 0 aromatic rings. The summed E-state index contributed by atoms with van der Waals surface area (Å²) in [6, 6.07) is 0. The Hall–Kier alpha value is 5.12. The molecule has 0 heterocycles. The van der Waals surface area contributed by atoms with Crippen molar-refractivity contribution in [3.8, 4) is 0 Å². The van der Waals surface area contributed by atoms with Crippen molar-refractivity contribution in [1.82, 2.24) is 0 Å². The van der Waals surface area contributed by atoms with Crippen LogP contribution in [-0.4, -0.2) is 125 Å². The Morgan fingerprint density at radius 1 is 0.333 bits per heavy atom. The Bertz CT molecular complexity index is 12.9. The van der Waals surface area contributed by atoms with Gasteiger partial charge in [-0.1, -0.05) is 0 Å². The Morgan fingerprint density at radius 3 is 0.333 bits per heavy atom. The summed E-state index contributed by atoms with van der Waals surface area (Å²) in [6.45, 7) is 0. The van der Waals surface area contributed by atoms with E-state index in [1.807, 2.05) is 0 Å². The van der Waals surface area contributed by atoms with E-state index in [9.17, 15) is 0 Å². The molecule has 0 atom stereocenters. The quantitative estimate of drug-likeness (QED) is 0.248. The zero-order valence-electron chi connectivity index (χ0n) is 4.61. The summed E-state index contributed by atoms with van der Waals surface area (Å²) in [7, 11) is 0. The van der Waals surface area contributed by atoms with Gasteiger partial charge in [0.1, 0.15) is 0 Å². The predicted octanol–water partition coefficient (Wildman–Crippen LogP) is -2.67. The topological polar surface area (TPSA) is 0 Å². The van der Waals surface area contributed by atoms with Gasteiger partial charge >= 0.3 is 78.5 Å². The standard InChI is InChI=1S/2Ga.5Se.2Zn/q2*+3;5*-2;2*+2. The van der Waals surface area contributed by atoms with Gasteiger partial charge in [0.25, 0.3) is 0 Å². The second-order valence-electron chi connectivity index (χ2n) is 0. The van der Waals surface area contributed by atoms with Gasteiger partial charge in [-0.15, -0.1) is 0 Å². The van der Waals surface area contributed by atoms with Crippen molar-refractivity contribution >= 4 is 125 Å². The summed E-state index contributed by atoms with van der Waals surface area (Å²) in [5, 5.41) is 0. The summed E-state index contributed by atoms with van der Waals surface area (Å²) >= 11 is 0. The molecule has 0 nitrogen and oxygen atoms in total. The molecule has 0 unspecified atom stereocenters. The minimum atomic E-state index is 0. The van der Waals surface area contributed by atoms with Crippen LogP contribution in [0.1, 0.15) is 0 Å². The average Bonchev–Trinajstić information content (AvgIpc) is 0. The van der Waals surface area contributed by atoms with Gasteiger partial charge in [0.15, 0.2) is 0 Å². The second kappa shape index (κ2) is 73.6. The maximum atomic E-state index is 0. The zero-order chi connectivity index (χ0) is 0. The van der Waals surface area contributed by atoms with Crippen LogP contribution in [0.4, 0.5) is 0 Å². The van der Waals surface area contributed by atoms with E-state index in [4.69, 9.17) is 0 Å². The Kier molecular flexibility index (Phi) is 758. The molecule has 0 saturated carbocycles. The van der Waals surface area contributed by atoms with Crippen LogP contribution in [0.25, 0.3) is 0 Å². The van der Waals surface area contributed by atoms with Gasteiger partial charge in [-0.25, -0.2) is 0 Å². The molecule has 0 aliphatic carbocycles. The van der Waals surface area contributed by atoms with Crippen molar-refractivity contribution in [2.75, 3.05) is 0 Å². The fraction of sp³-hybridized carbons (Fsp3) is 0. The van der Waals surface area contributed by atoms with Crippen molar-refractivity contribution in [3.05, 3.63) is 0 Å². The van der Waals surface area contributed by atoms with E-state index in [2.05, 4.69) is 0 Å². The fourth-order valence-electron chi connectivity index (χ4n) is 0. The molecule has 0 bridgehead atoms. The fourth-order valence-corrected chi connectivity index (χ4v) is 0. The molecule has 0 aliphatic heterocycles. The normalized spacial score (nSPS) is 0. The van der Waals surface area contributed by atoms with Crippen LogP contribution in [-0.2, 0) is 39.0 Å². The van der Waals surface area contributed by atoms with Gasteiger partial charge in [-0.2, -0.15) is 0 Å². The van der Waals surface area contributed by atoms with E-state index in [1.165, 1.54) is 0 Å². The first-order valence-electron chi connectivity index (χ1n) is 0. The van der Waals surface area contributed by atoms with Crippen LogP contribution in [0, 0.1) is 0 Å². The number of hydrogen-bond acceptors (Lipinski definition) is 0. The summed E-state index contributed by atoms with van der Waals surface area (Å²) in [4.78, 5) is 0. The summed E-state index contributed by atoms with van der Waals surface area (Å²) in [5.41, 5.74) is 0. The van der Waals surface area contributed by atoms with Gasteiger partial charge in [0.05, 0.1) is 0 Å². The predicted molar refractivity (Wildman–Crippen MR) is 40.3 cm³/mol. The third-order valence-corrected chi connectivity index (χ3v) is 0. The summed E-state index contributed by atoms with van der Waals surface area (Å²) in [5.74, 6) is 0. The first-order valence-corrected chi connectivity index (χ1v) is 0.